The summed E-state index contributed by atoms with van der Waals surface area (Å²) in [5.41, 5.74) is 7.94. The van der Waals surface area contributed by atoms with E-state index in [-0.39, 0.29) is 19.1 Å². The second kappa shape index (κ2) is 10.6. The number of hydrogen-bond donors (Lipinski definition) is 1. The number of halogens is 1. The maximum absolute atomic E-state index is 13.0. The van der Waals surface area contributed by atoms with E-state index in [1.165, 1.54) is 22.3 Å². The summed E-state index contributed by atoms with van der Waals surface area (Å²) in [4.78, 5) is 13.0. The summed E-state index contributed by atoms with van der Waals surface area (Å²) in [6.45, 7) is 12.8. The molecule has 0 atom stereocenters. The highest BCUT2D eigenvalue weighted by Crippen LogP contribution is 2.44. The number of aryl methyl sites for hydroxylation is 2. The van der Waals surface area contributed by atoms with Gasteiger partial charge in [-0.2, -0.15) is 0 Å². The third kappa shape index (κ3) is 5.45. The van der Waals surface area contributed by atoms with Crippen LogP contribution >= 0.6 is 15.9 Å². The van der Waals surface area contributed by atoms with Gasteiger partial charge in [0.15, 0.2) is 0 Å². The molecule has 1 heterocycles. The van der Waals surface area contributed by atoms with Gasteiger partial charge in [-0.1, -0.05) is 70.5 Å². The minimum Gasteiger partial charge on any atom is -0.449 e. The maximum atomic E-state index is 13.0. The Morgan fingerprint density at radius 3 is 2.00 bits per heavy atom. The van der Waals surface area contributed by atoms with E-state index in [9.17, 15) is 4.79 Å². The zero-order valence-corrected chi connectivity index (χ0v) is 25.0. The van der Waals surface area contributed by atoms with Gasteiger partial charge in [-0.15, -0.1) is 0 Å². The quantitative estimate of drug-likeness (QED) is 0.301. The molecule has 0 aromatic heterocycles. The molecule has 1 fully saturated rings. The summed E-state index contributed by atoms with van der Waals surface area (Å²) < 4.78 is 19.5. The summed E-state index contributed by atoms with van der Waals surface area (Å²) in [5, 5.41) is 2.96. The normalized spacial score (nSPS) is 17.6. The Balaban J connectivity index is 1.33. The van der Waals surface area contributed by atoms with Crippen molar-refractivity contribution in [3.63, 3.8) is 0 Å². The number of ether oxygens (including phenoxy) is 1. The van der Waals surface area contributed by atoms with E-state index in [1.807, 2.05) is 52.0 Å². The van der Waals surface area contributed by atoms with Gasteiger partial charge in [0.05, 0.1) is 11.2 Å². The molecule has 0 saturated carbocycles. The lowest BCUT2D eigenvalue weighted by Gasteiger charge is -2.32. The number of rotatable bonds is 6. The first-order valence-electron chi connectivity index (χ1n) is 13.4. The highest BCUT2D eigenvalue weighted by atomic mass is 79.9. The van der Waals surface area contributed by atoms with Crippen molar-refractivity contribution < 1.29 is 18.8 Å². The topological polar surface area (TPSA) is 56.8 Å². The molecule has 3 aromatic carbocycles. The van der Waals surface area contributed by atoms with E-state index in [4.69, 9.17) is 14.0 Å². The van der Waals surface area contributed by atoms with Crippen LogP contribution in [0.25, 0.3) is 17.2 Å². The molecule has 5 rings (SSSR count). The molecule has 0 bridgehead atoms. The van der Waals surface area contributed by atoms with Gasteiger partial charge >= 0.3 is 13.2 Å². The number of fused-ring (bicyclic) bond motifs is 3. The number of alkyl carbamates (subject to hydrolysis) is 1. The first-order chi connectivity index (χ1) is 18.5. The Morgan fingerprint density at radius 2 is 1.46 bits per heavy atom. The molecule has 1 amide bonds. The van der Waals surface area contributed by atoms with Crippen molar-refractivity contribution in [2.75, 3.05) is 13.2 Å². The van der Waals surface area contributed by atoms with Crippen molar-refractivity contribution in [1.29, 1.82) is 0 Å². The average Bonchev–Trinajstić information content (AvgIpc) is 3.31. The third-order valence-electron chi connectivity index (χ3n) is 8.22. The number of carbonyl (C=O) groups is 1. The van der Waals surface area contributed by atoms with Crippen LogP contribution in [-0.2, 0) is 14.0 Å². The van der Waals surface area contributed by atoms with Crippen LogP contribution in [0.4, 0.5) is 4.79 Å². The van der Waals surface area contributed by atoms with Crippen LogP contribution < -0.4 is 5.32 Å². The zero-order chi connectivity index (χ0) is 27.9. The fourth-order valence-electron chi connectivity index (χ4n) is 5.36. The number of benzene rings is 3. The van der Waals surface area contributed by atoms with Gasteiger partial charge in [-0.25, -0.2) is 4.79 Å². The van der Waals surface area contributed by atoms with Crippen molar-refractivity contribution in [2.24, 2.45) is 0 Å². The van der Waals surface area contributed by atoms with E-state index in [0.717, 1.165) is 26.6 Å². The van der Waals surface area contributed by atoms with Crippen molar-refractivity contribution in [1.82, 2.24) is 5.32 Å². The minimum absolute atomic E-state index is 0.00863. The van der Waals surface area contributed by atoms with Gasteiger partial charge < -0.3 is 19.4 Å². The molecule has 39 heavy (non-hydrogen) atoms. The SMILES string of the molecule is Cc1cc(Br)cc(C)c1C=C(CNC(=O)OCC1c2ccccc2-c2ccccc21)B1OC(C)(C)C(C)(C)O1. The molecule has 202 valence electrons. The molecule has 0 radical (unpaired) electrons. The van der Waals surface area contributed by atoms with Crippen LogP contribution in [-0.4, -0.2) is 37.6 Å². The number of carbonyl (C=O) groups excluding carboxylic acids is 1. The molecule has 1 aliphatic carbocycles. The Morgan fingerprint density at radius 1 is 0.949 bits per heavy atom. The summed E-state index contributed by atoms with van der Waals surface area (Å²) >= 11 is 3.58. The summed E-state index contributed by atoms with van der Waals surface area (Å²) in [6.07, 6.45) is 1.60. The van der Waals surface area contributed by atoms with Crippen LogP contribution in [0.1, 0.15) is 61.4 Å². The molecule has 0 spiro atoms. The van der Waals surface area contributed by atoms with Gasteiger partial charge in [0.2, 0.25) is 0 Å². The monoisotopic (exact) mass is 587 g/mol. The highest BCUT2D eigenvalue weighted by Gasteiger charge is 2.52. The summed E-state index contributed by atoms with van der Waals surface area (Å²) in [7, 11) is -0.591. The fourth-order valence-corrected chi connectivity index (χ4v) is 6.04. The Labute approximate surface area is 240 Å². The van der Waals surface area contributed by atoms with Gasteiger partial charge in [0.25, 0.3) is 0 Å². The predicted molar refractivity (Wildman–Crippen MR) is 161 cm³/mol. The van der Waals surface area contributed by atoms with Crippen LogP contribution in [0.2, 0.25) is 0 Å². The van der Waals surface area contributed by atoms with E-state index >= 15 is 0 Å². The standard InChI is InChI=1S/C32H35BBrNO4/c1-20-15-23(34)16-21(2)28(20)17-22(33-38-31(3,4)32(5,6)39-33)18-35-30(36)37-19-29-26-13-9-7-11-24(26)25-12-8-10-14-27(25)29/h7-17,29H,18-19H2,1-6H3,(H,35,36). The molecule has 1 aliphatic heterocycles. The Bertz CT molecular complexity index is 1360. The second-order valence-electron chi connectivity index (χ2n) is 11.4. The van der Waals surface area contributed by atoms with Gasteiger partial charge in [-0.05, 0) is 98.1 Å². The van der Waals surface area contributed by atoms with E-state index in [0.29, 0.717) is 0 Å². The maximum Gasteiger partial charge on any atom is 0.492 e. The van der Waals surface area contributed by atoms with Crippen molar-refractivity contribution >= 4 is 35.2 Å². The van der Waals surface area contributed by atoms with E-state index in [1.54, 1.807) is 0 Å². The lowest BCUT2D eigenvalue weighted by atomic mass is 9.76. The second-order valence-corrected chi connectivity index (χ2v) is 12.4. The number of hydrogen-bond acceptors (Lipinski definition) is 4. The smallest absolute Gasteiger partial charge is 0.449 e. The zero-order valence-electron chi connectivity index (χ0n) is 23.4. The predicted octanol–water partition coefficient (Wildman–Crippen LogP) is 7.62. The average molecular weight is 588 g/mol. The first kappa shape index (κ1) is 27.7. The lowest BCUT2D eigenvalue weighted by Crippen LogP contribution is -2.41. The molecule has 5 nitrogen and oxygen atoms in total. The Hall–Kier alpha value is -2.87. The van der Waals surface area contributed by atoms with E-state index in [2.05, 4.69) is 77.6 Å². The molecule has 2 aliphatic rings. The van der Waals surface area contributed by atoms with Crippen molar-refractivity contribution in [3.8, 4) is 11.1 Å². The molecule has 1 saturated heterocycles. The van der Waals surface area contributed by atoms with Crippen LogP contribution in [0.15, 0.2) is 70.6 Å². The van der Waals surface area contributed by atoms with E-state index < -0.39 is 24.4 Å². The van der Waals surface area contributed by atoms with Gasteiger partial charge in [0, 0.05) is 16.9 Å². The van der Waals surface area contributed by atoms with Crippen molar-refractivity contribution in [2.45, 2.75) is 58.7 Å². The largest absolute Gasteiger partial charge is 0.492 e. The van der Waals surface area contributed by atoms with Crippen LogP contribution in [0, 0.1) is 13.8 Å². The third-order valence-corrected chi connectivity index (χ3v) is 8.68. The Kier molecular flexibility index (Phi) is 7.53. The lowest BCUT2D eigenvalue weighted by molar-refractivity contribution is 0.00578. The molecule has 7 heteroatoms. The first-order valence-corrected chi connectivity index (χ1v) is 14.2. The number of amides is 1. The molecule has 1 N–H and O–H groups in total. The van der Waals surface area contributed by atoms with Gasteiger partial charge in [-0.3, -0.25) is 0 Å². The molecular weight excluding hydrogens is 553 g/mol. The summed E-state index contributed by atoms with van der Waals surface area (Å²) in [6, 6.07) is 20.8. The molecule has 3 aromatic rings. The fraction of sp³-hybridized carbons (Fsp3) is 0.344. The molecule has 0 unspecified atom stereocenters. The van der Waals surface area contributed by atoms with Crippen LogP contribution in [0.5, 0.6) is 0 Å². The van der Waals surface area contributed by atoms with Gasteiger partial charge in [0.1, 0.15) is 6.61 Å². The summed E-state index contributed by atoms with van der Waals surface area (Å²) in [5.74, 6) is 0.00863. The van der Waals surface area contributed by atoms with Crippen molar-refractivity contribution in [3.05, 3.63) is 98.4 Å². The van der Waals surface area contributed by atoms with Crippen LogP contribution in [0.3, 0.4) is 0 Å². The molecular formula is C32H35BBrNO4. The minimum atomic E-state index is -0.591. The number of nitrogens with one attached hydrogen (secondary N) is 1. The highest BCUT2D eigenvalue weighted by molar-refractivity contribution is 9.10.